The zero-order chi connectivity index (χ0) is 9.19. The lowest BCUT2D eigenvalue weighted by Gasteiger charge is -2.28. The molecule has 12 heavy (non-hydrogen) atoms. The molecule has 1 aliphatic heterocycles. The predicted octanol–water partition coefficient (Wildman–Crippen LogP) is -1.74. The fourth-order valence-corrected chi connectivity index (χ4v) is 2.08. The van der Waals surface area contributed by atoms with Crippen molar-refractivity contribution in [1.82, 2.24) is 10.0 Å². The van der Waals surface area contributed by atoms with Crippen LogP contribution in [0.5, 0.6) is 0 Å². The molecule has 1 rings (SSSR count). The molecule has 72 valence electrons. The summed E-state index contributed by atoms with van der Waals surface area (Å²) in [5.74, 6) is 0. The van der Waals surface area contributed by atoms with Gasteiger partial charge < -0.3 is 10.4 Å². The Balaban J connectivity index is 2.50. The quantitative estimate of drug-likeness (QED) is 0.487. The molecule has 2 atom stereocenters. The van der Waals surface area contributed by atoms with Gasteiger partial charge in [-0.25, -0.2) is 13.1 Å². The molecule has 0 radical (unpaired) electrons. The first kappa shape index (κ1) is 9.91. The highest BCUT2D eigenvalue weighted by Gasteiger charge is 2.24. The first-order chi connectivity index (χ1) is 5.49. The molecular weight excluding hydrogens is 180 g/mol. The number of aliphatic hydroxyl groups excluding tert-OH is 1. The molecule has 1 fully saturated rings. The van der Waals surface area contributed by atoms with Gasteiger partial charge in [0.1, 0.15) is 0 Å². The predicted molar refractivity (Wildman–Crippen MR) is 45.3 cm³/mol. The first-order valence-corrected chi connectivity index (χ1v) is 5.74. The molecule has 5 nitrogen and oxygen atoms in total. The van der Waals surface area contributed by atoms with E-state index in [2.05, 4.69) is 10.0 Å². The fraction of sp³-hybridized carbons (Fsp3) is 1.00. The van der Waals surface area contributed by atoms with Gasteiger partial charge in [-0.05, 0) is 13.0 Å². The Morgan fingerprint density at radius 3 is 2.75 bits per heavy atom. The normalized spacial score (nSPS) is 31.8. The zero-order valence-electron chi connectivity index (χ0n) is 6.95. The number of aliphatic hydroxyl groups is 1. The van der Waals surface area contributed by atoms with Gasteiger partial charge in [-0.3, -0.25) is 0 Å². The van der Waals surface area contributed by atoms with Crippen molar-refractivity contribution in [2.24, 2.45) is 0 Å². The van der Waals surface area contributed by atoms with E-state index in [1.807, 2.05) is 0 Å². The van der Waals surface area contributed by atoms with Crippen molar-refractivity contribution in [3.63, 3.8) is 0 Å². The standard InChI is InChI=1S/C6H14N2O3S/c1-12(10,11)8-5-2-3-7-4-6(5)9/h5-9H,2-4H2,1H3/t5-,6?/m1/s1. The summed E-state index contributed by atoms with van der Waals surface area (Å²) in [4.78, 5) is 0. The molecule has 1 unspecified atom stereocenters. The molecule has 1 aliphatic rings. The van der Waals surface area contributed by atoms with E-state index >= 15 is 0 Å². The van der Waals surface area contributed by atoms with Crippen molar-refractivity contribution < 1.29 is 13.5 Å². The van der Waals surface area contributed by atoms with Crippen LogP contribution in [0.2, 0.25) is 0 Å². The second kappa shape index (κ2) is 3.69. The minimum atomic E-state index is -3.19. The maximum Gasteiger partial charge on any atom is 0.209 e. The SMILES string of the molecule is CS(=O)(=O)N[C@@H]1CCNCC1O. The van der Waals surface area contributed by atoms with Crippen LogP contribution in [-0.2, 0) is 10.0 Å². The molecule has 0 amide bonds. The highest BCUT2D eigenvalue weighted by molar-refractivity contribution is 7.88. The Morgan fingerprint density at radius 1 is 1.58 bits per heavy atom. The first-order valence-electron chi connectivity index (χ1n) is 3.85. The van der Waals surface area contributed by atoms with Gasteiger partial charge in [0, 0.05) is 6.54 Å². The van der Waals surface area contributed by atoms with Gasteiger partial charge in [-0.15, -0.1) is 0 Å². The van der Waals surface area contributed by atoms with Gasteiger partial charge in [-0.1, -0.05) is 0 Å². The number of β-amino-alcohol motifs (C(OH)–C–C–N with tert-alkyl or cyclic N) is 1. The third kappa shape index (κ3) is 3.06. The van der Waals surface area contributed by atoms with Crippen LogP contribution >= 0.6 is 0 Å². The minimum absolute atomic E-state index is 0.332. The van der Waals surface area contributed by atoms with Crippen LogP contribution in [0.15, 0.2) is 0 Å². The summed E-state index contributed by atoms with van der Waals surface area (Å²) in [6.45, 7) is 1.19. The van der Waals surface area contributed by atoms with Gasteiger partial charge >= 0.3 is 0 Å². The number of hydrogen-bond acceptors (Lipinski definition) is 4. The molecule has 0 bridgehead atoms. The summed E-state index contributed by atoms with van der Waals surface area (Å²) in [7, 11) is -3.19. The van der Waals surface area contributed by atoms with Gasteiger partial charge in [0.2, 0.25) is 10.0 Å². The van der Waals surface area contributed by atoms with E-state index in [1.54, 1.807) is 0 Å². The lowest BCUT2D eigenvalue weighted by Crippen LogP contribution is -2.52. The highest BCUT2D eigenvalue weighted by Crippen LogP contribution is 2.03. The van der Waals surface area contributed by atoms with E-state index in [0.29, 0.717) is 13.0 Å². The second-order valence-corrected chi connectivity index (χ2v) is 4.84. The van der Waals surface area contributed by atoms with Crippen molar-refractivity contribution in [1.29, 1.82) is 0 Å². The van der Waals surface area contributed by atoms with Crippen LogP contribution in [0, 0.1) is 0 Å². The van der Waals surface area contributed by atoms with Gasteiger partial charge in [-0.2, -0.15) is 0 Å². The Bertz CT molecular complexity index is 239. The number of hydrogen-bond donors (Lipinski definition) is 3. The fourth-order valence-electron chi connectivity index (χ4n) is 1.25. The van der Waals surface area contributed by atoms with E-state index in [4.69, 9.17) is 0 Å². The number of nitrogens with one attached hydrogen (secondary N) is 2. The van der Waals surface area contributed by atoms with Gasteiger partial charge in [0.15, 0.2) is 0 Å². The summed E-state index contributed by atoms with van der Waals surface area (Å²) < 4.78 is 24.0. The van der Waals surface area contributed by atoms with Crippen molar-refractivity contribution in [3.8, 4) is 0 Å². The average Bonchev–Trinajstić information content (AvgIpc) is 1.91. The van der Waals surface area contributed by atoms with E-state index in [9.17, 15) is 13.5 Å². The summed E-state index contributed by atoms with van der Waals surface area (Å²) in [5.41, 5.74) is 0. The lowest BCUT2D eigenvalue weighted by molar-refractivity contribution is 0.113. The molecule has 1 heterocycles. The molecule has 3 N–H and O–H groups in total. The van der Waals surface area contributed by atoms with Crippen molar-refractivity contribution >= 4 is 10.0 Å². The number of piperidine rings is 1. The maximum absolute atomic E-state index is 10.8. The molecule has 0 aromatic carbocycles. The van der Waals surface area contributed by atoms with Crippen LogP contribution in [-0.4, -0.2) is 45.0 Å². The number of sulfonamides is 1. The van der Waals surface area contributed by atoms with E-state index in [0.717, 1.165) is 12.8 Å². The van der Waals surface area contributed by atoms with Crippen LogP contribution in [0.3, 0.4) is 0 Å². The third-order valence-corrected chi connectivity index (χ3v) is 2.55. The van der Waals surface area contributed by atoms with Gasteiger partial charge in [0.05, 0.1) is 18.4 Å². The monoisotopic (exact) mass is 194 g/mol. The summed E-state index contributed by atoms with van der Waals surface area (Å²) in [5, 5.41) is 12.3. The third-order valence-electron chi connectivity index (χ3n) is 1.82. The smallest absolute Gasteiger partial charge is 0.209 e. The van der Waals surface area contributed by atoms with E-state index in [-0.39, 0.29) is 6.04 Å². The van der Waals surface area contributed by atoms with Crippen LogP contribution in [0.4, 0.5) is 0 Å². The molecular formula is C6H14N2O3S. The van der Waals surface area contributed by atoms with Crippen molar-refractivity contribution in [2.45, 2.75) is 18.6 Å². The van der Waals surface area contributed by atoms with Crippen LogP contribution in [0.1, 0.15) is 6.42 Å². The molecule has 0 aromatic rings. The Hall–Kier alpha value is -0.170. The van der Waals surface area contributed by atoms with E-state index in [1.165, 1.54) is 0 Å². The second-order valence-electron chi connectivity index (χ2n) is 3.06. The van der Waals surface area contributed by atoms with Crippen molar-refractivity contribution in [2.75, 3.05) is 19.3 Å². The van der Waals surface area contributed by atoms with Gasteiger partial charge in [0.25, 0.3) is 0 Å². The Morgan fingerprint density at radius 2 is 2.25 bits per heavy atom. The molecule has 0 spiro atoms. The summed E-state index contributed by atoms with van der Waals surface area (Å²) in [6, 6.07) is -0.332. The molecule has 0 aromatic heterocycles. The Kier molecular flexibility index (Phi) is 3.05. The summed E-state index contributed by atoms with van der Waals surface area (Å²) >= 11 is 0. The van der Waals surface area contributed by atoms with Crippen molar-refractivity contribution in [3.05, 3.63) is 0 Å². The summed E-state index contributed by atoms with van der Waals surface area (Å²) in [6.07, 6.45) is 1.11. The van der Waals surface area contributed by atoms with Crippen LogP contribution < -0.4 is 10.0 Å². The topological polar surface area (TPSA) is 78.4 Å². The maximum atomic E-state index is 10.8. The molecule has 1 saturated heterocycles. The number of rotatable bonds is 2. The zero-order valence-corrected chi connectivity index (χ0v) is 7.76. The lowest BCUT2D eigenvalue weighted by atomic mass is 10.1. The minimum Gasteiger partial charge on any atom is -0.390 e. The molecule has 0 saturated carbocycles. The largest absolute Gasteiger partial charge is 0.390 e. The Labute approximate surface area is 72.2 Å². The average molecular weight is 194 g/mol. The highest BCUT2D eigenvalue weighted by atomic mass is 32.2. The van der Waals surface area contributed by atoms with E-state index < -0.39 is 16.1 Å². The molecule has 6 heteroatoms. The molecule has 0 aliphatic carbocycles. The van der Waals surface area contributed by atoms with Crippen LogP contribution in [0.25, 0.3) is 0 Å².